The maximum absolute atomic E-state index is 11.5. The number of benzene rings is 1. The molecule has 1 rings (SSSR count). The van der Waals surface area contributed by atoms with Gasteiger partial charge in [0.1, 0.15) is 11.5 Å². The van der Waals surface area contributed by atoms with Gasteiger partial charge in [-0.3, -0.25) is 0 Å². The lowest BCUT2D eigenvalue weighted by molar-refractivity contribution is -0.140. The number of carbonyl (C=O) groups excluding carboxylic acids is 1. The minimum Gasteiger partial charge on any atom is -0.507 e. The number of esters is 1. The first-order chi connectivity index (χ1) is 9.97. The molecular weight excluding hydrogens is 268 g/mol. The van der Waals surface area contributed by atoms with E-state index in [1.807, 2.05) is 6.92 Å². The first kappa shape index (κ1) is 16.6. The second-order valence-corrected chi connectivity index (χ2v) is 4.52. The summed E-state index contributed by atoms with van der Waals surface area (Å²) in [5, 5.41) is 9.81. The van der Waals surface area contributed by atoms with Crippen LogP contribution in [-0.2, 0) is 9.53 Å². The molecule has 0 atom stereocenters. The fraction of sp³-hybridized carbons (Fsp3) is 0.235. The largest absolute Gasteiger partial charge is 0.507 e. The molecule has 112 valence electrons. The van der Waals surface area contributed by atoms with Crippen molar-refractivity contribution < 1.29 is 19.4 Å². The first-order valence-electron chi connectivity index (χ1n) is 6.53. The van der Waals surface area contributed by atoms with Gasteiger partial charge in [0.25, 0.3) is 0 Å². The number of ether oxygens (including phenoxy) is 2. The lowest BCUT2D eigenvalue weighted by atomic mass is 10.0. The van der Waals surface area contributed by atoms with E-state index in [4.69, 9.17) is 9.47 Å². The summed E-state index contributed by atoms with van der Waals surface area (Å²) in [4.78, 5) is 11.5. The van der Waals surface area contributed by atoms with Crippen LogP contribution in [0, 0.1) is 20.8 Å². The third-order valence-corrected chi connectivity index (χ3v) is 2.99. The van der Waals surface area contributed by atoms with Gasteiger partial charge in [0.05, 0.1) is 6.26 Å². The molecule has 21 heavy (non-hydrogen) atoms. The van der Waals surface area contributed by atoms with Crippen LogP contribution in [0.2, 0.25) is 0 Å². The van der Waals surface area contributed by atoms with Crippen molar-refractivity contribution in [1.29, 1.82) is 0 Å². The Kier molecular flexibility index (Phi) is 6.27. The van der Waals surface area contributed by atoms with Gasteiger partial charge >= 0.3 is 5.97 Å². The third kappa shape index (κ3) is 4.84. The van der Waals surface area contributed by atoms with Gasteiger partial charge < -0.3 is 14.6 Å². The van der Waals surface area contributed by atoms with E-state index in [9.17, 15) is 9.90 Å². The van der Waals surface area contributed by atoms with Crippen LogP contribution >= 0.6 is 0 Å². The van der Waals surface area contributed by atoms with Gasteiger partial charge in [0.2, 0.25) is 0 Å². The number of phenols is 1. The third-order valence-electron chi connectivity index (χ3n) is 2.99. The summed E-state index contributed by atoms with van der Waals surface area (Å²) in [6.45, 7) is 8.74. The minimum atomic E-state index is -0.499. The standard InChI is InChI=1S/C17H20O4/c1-5-6-7-8-9-20-16(18)11-21-15-10-12(2)17(19)14(4)13(15)3/h5-10,19H,1,11H2,2-4H3/b7-6-,9-8+. The lowest BCUT2D eigenvalue weighted by Crippen LogP contribution is -2.13. The van der Waals surface area contributed by atoms with E-state index in [2.05, 4.69) is 6.58 Å². The molecule has 0 bridgehead atoms. The van der Waals surface area contributed by atoms with Crippen molar-refractivity contribution in [3.63, 3.8) is 0 Å². The number of carbonyl (C=O) groups is 1. The van der Waals surface area contributed by atoms with Crippen LogP contribution in [0.5, 0.6) is 11.5 Å². The normalized spacial score (nSPS) is 11.0. The molecule has 4 nitrogen and oxygen atoms in total. The molecule has 4 heteroatoms. The summed E-state index contributed by atoms with van der Waals surface area (Å²) in [5.41, 5.74) is 2.25. The molecule has 0 heterocycles. The van der Waals surface area contributed by atoms with Gasteiger partial charge in [-0.05, 0) is 49.6 Å². The fourth-order valence-electron chi connectivity index (χ4n) is 1.66. The van der Waals surface area contributed by atoms with E-state index < -0.39 is 5.97 Å². The van der Waals surface area contributed by atoms with Gasteiger partial charge in [-0.2, -0.15) is 0 Å². The quantitative estimate of drug-likeness (QED) is 0.494. The summed E-state index contributed by atoms with van der Waals surface area (Å²) < 4.78 is 10.3. The van der Waals surface area contributed by atoms with Crippen LogP contribution in [0.25, 0.3) is 0 Å². The molecule has 0 saturated carbocycles. The maximum atomic E-state index is 11.5. The Bertz CT molecular complexity index is 583. The van der Waals surface area contributed by atoms with E-state index in [1.165, 1.54) is 6.26 Å². The van der Waals surface area contributed by atoms with E-state index in [0.717, 1.165) is 11.1 Å². The zero-order chi connectivity index (χ0) is 15.8. The number of aromatic hydroxyl groups is 1. The average molecular weight is 288 g/mol. The van der Waals surface area contributed by atoms with Gasteiger partial charge in [-0.15, -0.1) is 0 Å². The Balaban J connectivity index is 2.60. The molecule has 1 aromatic carbocycles. The summed E-state index contributed by atoms with van der Waals surface area (Å²) in [6.07, 6.45) is 7.89. The summed E-state index contributed by atoms with van der Waals surface area (Å²) in [5.74, 6) is 0.315. The lowest BCUT2D eigenvalue weighted by Gasteiger charge is -2.13. The Morgan fingerprint density at radius 3 is 2.62 bits per heavy atom. The predicted octanol–water partition coefficient (Wildman–Crippen LogP) is 3.50. The number of rotatable bonds is 6. The molecule has 0 aliphatic carbocycles. The number of phenolic OH excluding ortho intramolecular Hbond substituents is 1. The second kappa shape index (κ2) is 7.94. The van der Waals surface area contributed by atoms with Crippen LogP contribution in [0.3, 0.4) is 0 Å². The van der Waals surface area contributed by atoms with E-state index >= 15 is 0 Å². The summed E-state index contributed by atoms with van der Waals surface area (Å²) >= 11 is 0. The Morgan fingerprint density at radius 2 is 1.95 bits per heavy atom. The van der Waals surface area contributed by atoms with Crippen LogP contribution in [-0.4, -0.2) is 17.7 Å². The predicted molar refractivity (Wildman–Crippen MR) is 82.4 cm³/mol. The molecule has 0 aliphatic rings. The van der Waals surface area contributed by atoms with Crippen LogP contribution in [0.4, 0.5) is 0 Å². The Morgan fingerprint density at radius 1 is 1.24 bits per heavy atom. The van der Waals surface area contributed by atoms with Crippen molar-refractivity contribution in [3.05, 3.63) is 59.9 Å². The minimum absolute atomic E-state index is 0.194. The molecule has 1 aromatic rings. The fourth-order valence-corrected chi connectivity index (χ4v) is 1.66. The smallest absolute Gasteiger partial charge is 0.348 e. The van der Waals surface area contributed by atoms with Crippen molar-refractivity contribution in [2.24, 2.45) is 0 Å². The molecule has 0 radical (unpaired) electrons. The molecule has 0 aromatic heterocycles. The highest BCUT2D eigenvalue weighted by Crippen LogP contribution is 2.31. The van der Waals surface area contributed by atoms with Crippen molar-refractivity contribution >= 4 is 5.97 Å². The highest BCUT2D eigenvalue weighted by atomic mass is 16.6. The molecule has 0 aliphatic heterocycles. The van der Waals surface area contributed by atoms with Crippen molar-refractivity contribution in [1.82, 2.24) is 0 Å². The first-order valence-corrected chi connectivity index (χ1v) is 6.53. The molecule has 1 N–H and O–H groups in total. The summed E-state index contributed by atoms with van der Waals surface area (Å²) in [7, 11) is 0. The van der Waals surface area contributed by atoms with Crippen molar-refractivity contribution in [2.45, 2.75) is 20.8 Å². The molecular formula is C17H20O4. The highest BCUT2D eigenvalue weighted by molar-refractivity contribution is 5.72. The van der Waals surface area contributed by atoms with Gasteiger partial charge in [0, 0.05) is 0 Å². The molecule has 0 fully saturated rings. The Labute approximate surface area is 125 Å². The van der Waals surface area contributed by atoms with Gasteiger partial charge in [-0.25, -0.2) is 4.79 Å². The van der Waals surface area contributed by atoms with Crippen LogP contribution in [0.1, 0.15) is 16.7 Å². The monoisotopic (exact) mass is 288 g/mol. The van der Waals surface area contributed by atoms with Crippen LogP contribution < -0.4 is 4.74 Å². The summed E-state index contributed by atoms with van der Waals surface area (Å²) in [6, 6.07) is 1.70. The maximum Gasteiger partial charge on any atom is 0.348 e. The molecule has 0 unspecified atom stereocenters. The zero-order valence-corrected chi connectivity index (χ0v) is 12.6. The van der Waals surface area contributed by atoms with Gasteiger partial charge in [0.15, 0.2) is 6.61 Å². The number of aryl methyl sites for hydroxylation is 1. The second-order valence-electron chi connectivity index (χ2n) is 4.52. The van der Waals surface area contributed by atoms with E-state index in [1.54, 1.807) is 44.2 Å². The van der Waals surface area contributed by atoms with E-state index in [0.29, 0.717) is 11.3 Å². The topological polar surface area (TPSA) is 55.8 Å². The molecule has 0 saturated heterocycles. The van der Waals surface area contributed by atoms with E-state index in [-0.39, 0.29) is 12.4 Å². The van der Waals surface area contributed by atoms with Gasteiger partial charge in [-0.1, -0.05) is 24.8 Å². The Hall–Kier alpha value is -2.49. The van der Waals surface area contributed by atoms with Crippen molar-refractivity contribution in [2.75, 3.05) is 6.61 Å². The van der Waals surface area contributed by atoms with Crippen LogP contribution in [0.15, 0.2) is 43.2 Å². The SMILES string of the molecule is C=C/C=C\C=C\OC(=O)COc1cc(C)c(O)c(C)c1C. The van der Waals surface area contributed by atoms with Crippen molar-refractivity contribution in [3.8, 4) is 11.5 Å². The number of hydrogen-bond acceptors (Lipinski definition) is 4. The molecule has 0 amide bonds. The number of allylic oxidation sites excluding steroid dienone is 4. The average Bonchev–Trinajstić information content (AvgIpc) is 2.47. The highest BCUT2D eigenvalue weighted by Gasteiger charge is 2.11. The molecule has 0 spiro atoms. The number of hydrogen-bond donors (Lipinski definition) is 1. The zero-order valence-electron chi connectivity index (χ0n) is 12.6.